The van der Waals surface area contributed by atoms with Crippen LogP contribution in [0.2, 0.25) is 0 Å². The van der Waals surface area contributed by atoms with Crippen molar-refractivity contribution in [2.75, 3.05) is 6.54 Å². The van der Waals surface area contributed by atoms with E-state index >= 15 is 0 Å². The third-order valence-electron chi connectivity index (χ3n) is 3.68. The highest BCUT2D eigenvalue weighted by atomic mass is 19.4. The topological polar surface area (TPSA) is 191 Å². The van der Waals surface area contributed by atoms with Gasteiger partial charge in [0.2, 0.25) is 17.7 Å². The summed E-state index contributed by atoms with van der Waals surface area (Å²) in [4.78, 5) is 68.5. The van der Waals surface area contributed by atoms with Crippen molar-refractivity contribution in [2.24, 2.45) is 5.92 Å². The lowest BCUT2D eigenvalue weighted by Crippen LogP contribution is -2.57. The van der Waals surface area contributed by atoms with E-state index < -0.39 is 78.8 Å². The zero-order valence-corrected chi connectivity index (χ0v) is 16.7. The zero-order valence-electron chi connectivity index (χ0n) is 16.7. The molecular weight excluding hydrogens is 433 g/mol. The molecule has 0 aromatic carbocycles. The van der Waals surface area contributed by atoms with E-state index in [1.54, 1.807) is 0 Å². The number of carbonyl (C=O) groups is 6. The molecule has 0 unspecified atom stereocenters. The van der Waals surface area contributed by atoms with Crippen LogP contribution < -0.4 is 21.3 Å². The van der Waals surface area contributed by atoms with Crippen LogP contribution in [0.1, 0.15) is 27.2 Å². The fraction of sp³-hybridized carbons (Fsp3) is 0.625. The molecule has 3 atom stereocenters. The van der Waals surface area contributed by atoms with Crippen LogP contribution in [0.4, 0.5) is 13.2 Å². The van der Waals surface area contributed by atoms with E-state index in [0.717, 1.165) is 6.92 Å². The number of carboxylic acids is 2. The molecule has 31 heavy (non-hydrogen) atoms. The second-order valence-electron chi connectivity index (χ2n) is 6.70. The summed E-state index contributed by atoms with van der Waals surface area (Å²) in [5.74, 6) is -9.06. The maximum atomic E-state index is 12.3. The molecule has 0 spiro atoms. The van der Waals surface area contributed by atoms with E-state index in [4.69, 9.17) is 10.2 Å². The minimum Gasteiger partial charge on any atom is -0.481 e. The van der Waals surface area contributed by atoms with Crippen molar-refractivity contribution in [1.82, 2.24) is 21.3 Å². The number of carbonyl (C=O) groups excluding carboxylic acids is 4. The van der Waals surface area contributed by atoms with E-state index in [1.807, 2.05) is 5.32 Å². The first-order chi connectivity index (χ1) is 14.1. The molecule has 0 aliphatic carbocycles. The summed E-state index contributed by atoms with van der Waals surface area (Å²) in [6.45, 7) is 3.07. The van der Waals surface area contributed by atoms with Gasteiger partial charge >= 0.3 is 24.0 Å². The summed E-state index contributed by atoms with van der Waals surface area (Å²) in [5, 5.41) is 25.1. The molecule has 0 saturated carbocycles. The molecule has 0 aromatic heterocycles. The Morgan fingerprint density at radius 3 is 1.84 bits per heavy atom. The van der Waals surface area contributed by atoms with Gasteiger partial charge in [-0.3, -0.25) is 24.0 Å². The van der Waals surface area contributed by atoms with Gasteiger partial charge in [0.1, 0.15) is 18.1 Å². The molecule has 4 amide bonds. The van der Waals surface area contributed by atoms with Crippen LogP contribution in [0, 0.1) is 5.92 Å². The zero-order chi connectivity index (χ0) is 24.5. The lowest BCUT2D eigenvalue weighted by molar-refractivity contribution is -0.173. The molecule has 0 saturated heterocycles. The van der Waals surface area contributed by atoms with Crippen LogP contribution in [0.3, 0.4) is 0 Å². The summed E-state index contributed by atoms with van der Waals surface area (Å²) < 4.78 is 36.4. The summed E-state index contributed by atoms with van der Waals surface area (Å²) in [5.41, 5.74) is 0. The Balaban J connectivity index is 4.94. The fourth-order valence-corrected chi connectivity index (χ4v) is 2.06. The maximum Gasteiger partial charge on any atom is 0.471 e. The van der Waals surface area contributed by atoms with E-state index in [2.05, 4.69) is 10.6 Å². The second-order valence-corrected chi connectivity index (χ2v) is 6.70. The molecule has 0 fully saturated rings. The Morgan fingerprint density at radius 2 is 1.42 bits per heavy atom. The van der Waals surface area contributed by atoms with Crippen LogP contribution in [0.25, 0.3) is 0 Å². The van der Waals surface area contributed by atoms with Gasteiger partial charge in [-0.25, -0.2) is 4.79 Å². The van der Waals surface area contributed by atoms with Crippen molar-refractivity contribution in [1.29, 1.82) is 0 Å². The van der Waals surface area contributed by atoms with Crippen molar-refractivity contribution in [3.8, 4) is 0 Å². The molecule has 6 N–H and O–H groups in total. The first-order valence-corrected chi connectivity index (χ1v) is 8.76. The van der Waals surface area contributed by atoms with Crippen LogP contribution in [-0.4, -0.2) is 76.6 Å². The van der Waals surface area contributed by atoms with Crippen molar-refractivity contribution in [2.45, 2.75) is 51.5 Å². The lowest BCUT2D eigenvalue weighted by atomic mass is 10.0. The average molecular weight is 456 g/mol. The molecule has 12 nitrogen and oxygen atoms in total. The van der Waals surface area contributed by atoms with E-state index in [1.165, 1.54) is 19.2 Å². The SMILES string of the molecule is CC(C)[C@H](NC(=O)CNC(=O)C(F)(F)F)C(=O)N[C@@H](C)C(=O)N[C@@H](CC(=O)O)C(=O)O. The summed E-state index contributed by atoms with van der Waals surface area (Å²) >= 11 is 0. The van der Waals surface area contributed by atoms with Crippen molar-refractivity contribution in [3.63, 3.8) is 0 Å². The van der Waals surface area contributed by atoms with Gasteiger partial charge in [-0.15, -0.1) is 0 Å². The summed E-state index contributed by atoms with van der Waals surface area (Å²) in [6.07, 6.45) is -6.09. The molecule has 0 heterocycles. The molecule has 0 bridgehead atoms. The third kappa shape index (κ3) is 10.3. The lowest BCUT2D eigenvalue weighted by Gasteiger charge is -2.24. The van der Waals surface area contributed by atoms with Crippen molar-refractivity contribution >= 4 is 35.6 Å². The highest BCUT2D eigenvalue weighted by Crippen LogP contribution is 2.13. The molecule has 0 aliphatic heterocycles. The van der Waals surface area contributed by atoms with Gasteiger partial charge in [-0.1, -0.05) is 13.8 Å². The minimum absolute atomic E-state index is 0.587. The van der Waals surface area contributed by atoms with Crippen LogP contribution in [0.15, 0.2) is 0 Å². The van der Waals surface area contributed by atoms with Crippen molar-refractivity contribution < 1.29 is 52.2 Å². The monoisotopic (exact) mass is 456 g/mol. The molecule has 0 rings (SSSR count). The number of carboxylic acid groups (broad SMARTS) is 2. The van der Waals surface area contributed by atoms with Crippen molar-refractivity contribution in [3.05, 3.63) is 0 Å². The highest BCUT2D eigenvalue weighted by Gasteiger charge is 2.38. The highest BCUT2D eigenvalue weighted by molar-refractivity contribution is 5.94. The maximum absolute atomic E-state index is 12.3. The predicted molar refractivity (Wildman–Crippen MR) is 95.3 cm³/mol. The number of halogens is 3. The van der Waals surface area contributed by atoms with Gasteiger partial charge in [0.15, 0.2) is 0 Å². The Kier molecular flexibility index (Phi) is 10.4. The normalized spacial score (nSPS) is 14.0. The molecule has 176 valence electrons. The van der Waals surface area contributed by atoms with Crippen LogP contribution in [0.5, 0.6) is 0 Å². The number of nitrogens with one attached hydrogen (secondary N) is 4. The Morgan fingerprint density at radius 1 is 0.871 bits per heavy atom. The number of amides is 4. The van der Waals surface area contributed by atoms with E-state index in [9.17, 15) is 41.9 Å². The molecule has 15 heteroatoms. The smallest absolute Gasteiger partial charge is 0.471 e. The molecule has 0 radical (unpaired) electrons. The quantitative estimate of drug-likeness (QED) is 0.213. The first kappa shape index (κ1) is 27.6. The predicted octanol–water partition coefficient (Wildman–Crippen LogP) is -1.65. The van der Waals surface area contributed by atoms with Gasteiger partial charge in [-0.05, 0) is 12.8 Å². The number of alkyl halides is 3. The Hall–Kier alpha value is -3.39. The number of hydrogen-bond acceptors (Lipinski definition) is 6. The molecule has 0 aliphatic rings. The van der Waals surface area contributed by atoms with Gasteiger partial charge in [-0.2, -0.15) is 13.2 Å². The van der Waals surface area contributed by atoms with Gasteiger partial charge < -0.3 is 31.5 Å². The number of rotatable bonds is 11. The fourth-order valence-electron chi connectivity index (χ4n) is 2.06. The standard InChI is InChI=1S/C16H23F3N4O8/c1-6(2)11(23-9(24)5-20-15(31)16(17,18)19)13(28)21-7(3)12(27)22-8(14(29)30)4-10(25)26/h6-8,11H,4-5H2,1-3H3,(H,20,31)(H,21,28)(H,22,27)(H,23,24)(H,25,26)(H,29,30)/t7-,8-,11-/m0/s1. The molecular formula is C16H23F3N4O8. The minimum atomic E-state index is -5.19. The van der Waals surface area contributed by atoms with E-state index in [-0.39, 0.29) is 0 Å². The summed E-state index contributed by atoms with van der Waals surface area (Å²) in [7, 11) is 0. The first-order valence-electron chi connectivity index (χ1n) is 8.76. The van der Waals surface area contributed by atoms with Gasteiger partial charge in [0, 0.05) is 0 Å². The number of aliphatic carboxylic acids is 2. The second kappa shape index (κ2) is 11.7. The van der Waals surface area contributed by atoms with Gasteiger partial charge in [0.25, 0.3) is 0 Å². The molecule has 0 aromatic rings. The third-order valence-corrected chi connectivity index (χ3v) is 3.68. The summed E-state index contributed by atoms with van der Waals surface area (Å²) in [6, 6.07) is -4.40. The van der Waals surface area contributed by atoms with Crippen LogP contribution >= 0.6 is 0 Å². The Labute approximate surface area is 173 Å². The van der Waals surface area contributed by atoms with Crippen LogP contribution in [-0.2, 0) is 28.8 Å². The van der Waals surface area contributed by atoms with E-state index in [0.29, 0.717) is 0 Å². The Bertz CT molecular complexity index is 726. The van der Waals surface area contributed by atoms with Gasteiger partial charge in [0.05, 0.1) is 13.0 Å². The average Bonchev–Trinajstić information content (AvgIpc) is 2.61. The largest absolute Gasteiger partial charge is 0.481 e. The number of hydrogen-bond donors (Lipinski definition) is 6.